The lowest BCUT2D eigenvalue weighted by atomic mass is 10.0. The van der Waals surface area contributed by atoms with E-state index in [9.17, 15) is 4.79 Å². The minimum atomic E-state index is 0.0583. The van der Waals surface area contributed by atoms with Gasteiger partial charge in [-0.05, 0) is 49.0 Å². The van der Waals surface area contributed by atoms with Gasteiger partial charge in [-0.15, -0.1) is 0 Å². The number of carbonyl (C=O) groups is 1. The summed E-state index contributed by atoms with van der Waals surface area (Å²) in [6, 6.07) is 0.0583. The predicted octanol–water partition coefficient (Wildman–Crippen LogP) is 2.71. The molecule has 2 unspecified atom stereocenters. The first-order valence-corrected chi connectivity index (χ1v) is 8.91. The first kappa shape index (κ1) is 15.2. The molecular weight excluding hydrogens is 256 g/mol. The number of hydrogen-bond donors (Lipinski definition) is 1. The van der Waals surface area contributed by atoms with Crippen molar-refractivity contribution in [2.45, 2.75) is 58.7 Å². The first-order valence-electron chi connectivity index (χ1n) is 7.76. The third-order valence-corrected chi connectivity index (χ3v) is 5.29. The molecule has 2 rings (SSSR count). The summed E-state index contributed by atoms with van der Waals surface area (Å²) >= 11 is 2.05. The number of amides is 1. The quantitative estimate of drug-likeness (QED) is 0.842. The average Bonchev–Trinajstić information content (AvgIpc) is 2.68. The van der Waals surface area contributed by atoms with Gasteiger partial charge in [-0.1, -0.05) is 20.8 Å². The molecule has 0 bridgehead atoms. The molecule has 3 nitrogen and oxygen atoms in total. The molecule has 0 aromatic heterocycles. The van der Waals surface area contributed by atoms with Crippen molar-refractivity contribution in [3.8, 4) is 0 Å². The number of hydrogen-bond acceptors (Lipinski definition) is 3. The van der Waals surface area contributed by atoms with E-state index in [2.05, 4.69) is 42.7 Å². The fourth-order valence-electron chi connectivity index (χ4n) is 3.15. The topological polar surface area (TPSA) is 32.3 Å². The highest BCUT2D eigenvalue weighted by molar-refractivity contribution is 7.99. The van der Waals surface area contributed by atoms with E-state index in [0.29, 0.717) is 11.8 Å². The lowest BCUT2D eigenvalue weighted by molar-refractivity contribution is -0.131. The number of nitrogens with zero attached hydrogens (tertiary/aromatic N) is 1. The van der Waals surface area contributed by atoms with Crippen LogP contribution in [0.1, 0.15) is 46.5 Å². The molecule has 0 radical (unpaired) electrons. The maximum atomic E-state index is 12.5. The largest absolute Gasteiger partial charge is 0.326 e. The Morgan fingerprint density at radius 2 is 2.05 bits per heavy atom. The van der Waals surface area contributed by atoms with E-state index >= 15 is 0 Å². The first-order chi connectivity index (χ1) is 9.11. The Morgan fingerprint density at radius 3 is 2.63 bits per heavy atom. The van der Waals surface area contributed by atoms with Crippen molar-refractivity contribution in [1.82, 2.24) is 10.2 Å². The Bertz CT molecular complexity index is 303. The molecule has 2 heterocycles. The molecule has 2 aliphatic heterocycles. The fourth-order valence-corrected chi connectivity index (χ4v) is 4.35. The molecule has 2 saturated heterocycles. The summed E-state index contributed by atoms with van der Waals surface area (Å²) in [6.07, 6.45) is 4.80. The summed E-state index contributed by atoms with van der Waals surface area (Å²) in [7, 11) is 0. The monoisotopic (exact) mass is 284 g/mol. The van der Waals surface area contributed by atoms with Gasteiger partial charge >= 0.3 is 0 Å². The van der Waals surface area contributed by atoms with Crippen molar-refractivity contribution in [3.05, 3.63) is 0 Å². The third kappa shape index (κ3) is 3.88. The van der Waals surface area contributed by atoms with Crippen LogP contribution in [0.2, 0.25) is 0 Å². The normalized spacial score (nSPS) is 29.5. The second-order valence-electron chi connectivity index (χ2n) is 6.32. The predicted molar refractivity (Wildman–Crippen MR) is 82.2 cm³/mol. The summed E-state index contributed by atoms with van der Waals surface area (Å²) in [5.74, 6) is 4.18. The molecule has 2 aliphatic rings. The van der Waals surface area contributed by atoms with Gasteiger partial charge in [0.1, 0.15) is 0 Å². The van der Waals surface area contributed by atoms with Gasteiger partial charge in [-0.25, -0.2) is 0 Å². The zero-order chi connectivity index (χ0) is 13.8. The Labute approximate surface area is 121 Å². The lowest BCUT2D eigenvalue weighted by Gasteiger charge is -2.30. The summed E-state index contributed by atoms with van der Waals surface area (Å²) in [4.78, 5) is 14.7. The Hall–Kier alpha value is -0.220. The van der Waals surface area contributed by atoms with Crippen molar-refractivity contribution in [3.63, 3.8) is 0 Å². The van der Waals surface area contributed by atoms with Gasteiger partial charge in [0.15, 0.2) is 0 Å². The number of carbonyl (C=O) groups excluding carboxylic acids is 1. The molecule has 1 amide bonds. The lowest BCUT2D eigenvalue weighted by Crippen LogP contribution is -2.40. The highest BCUT2D eigenvalue weighted by Crippen LogP contribution is 2.27. The highest BCUT2D eigenvalue weighted by Gasteiger charge is 2.38. The van der Waals surface area contributed by atoms with Crippen molar-refractivity contribution < 1.29 is 4.79 Å². The van der Waals surface area contributed by atoms with Crippen LogP contribution < -0.4 is 5.32 Å². The van der Waals surface area contributed by atoms with Crippen LogP contribution in [0.4, 0.5) is 0 Å². The molecule has 0 aliphatic carbocycles. The molecule has 0 saturated carbocycles. The van der Waals surface area contributed by atoms with E-state index in [1.165, 1.54) is 24.3 Å². The van der Waals surface area contributed by atoms with Crippen molar-refractivity contribution >= 4 is 17.7 Å². The van der Waals surface area contributed by atoms with E-state index in [-0.39, 0.29) is 12.2 Å². The molecule has 2 fully saturated rings. The minimum absolute atomic E-state index is 0.0583. The van der Waals surface area contributed by atoms with Gasteiger partial charge in [-0.2, -0.15) is 11.8 Å². The van der Waals surface area contributed by atoms with Gasteiger partial charge in [0.2, 0.25) is 5.91 Å². The third-order valence-electron chi connectivity index (χ3n) is 4.24. The summed E-state index contributed by atoms with van der Waals surface area (Å²) in [5.41, 5.74) is 0. The number of nitrogens with one attached hydrogen (secondary N) is 1. The van der Waals surface area contributed by atoms with Crippen LogP contribution in [-0.4, -0.2) is 41.1 Å². The molecule has 0 spiro atoms. The number of rotatable bonds is 5. The van der Waals surface area contributed by atoms with E-state index < -0.39 is 0 Å². The maximum absolute atomic E-state index is 12.5. The van der Waals surface area contributed by atoms with E-state index in [1.54, 1.807) is 0 Å². The summed E-state index contributed by atoms with van der Waals surface area (Å²) in [5, 5.41) is 3.53. The van der Waals surface area contributed by atoms with Crippen LogP contribution in [-0.2, 0) is 4.79 Å². The standard InChI is InChI=1S/C15H28N2OS/c1-4-14-16-13(9-11(2)3)15(18)17(14)10-12-5-7-19-8-6-12/h11-14,16H,4-10H2,1-3H3. The molecule has 19 heavy (non-hydrogen) atoms. The molecule has 0 aromatic rings. The van der Waals surface area contributed by atoms with Crippen LogP contribution in [0.25, 0.3) is 0 Å². The molecular formula is C15H28N2OS. The zero-order valence-electron chi connectivity index (χ0n) is 12.5. The van der Waals surface area contributed by atoms with Gasteiger partial charge in [0, 0.05) is 6.54 Å². The number of thioether (sulfide) groups is 1. The van der Waals surface area contributed by atoms with Crippen molar-refractivity contribution in [2.75, 3.05) is 18.1 Å². The fraction of sp³-hybridized carbons (Fsp3) is 0.933. The smallest absolute Gasteiger partial charge is 0.241 e. The van der Waals surface area contributed by atoms with Crippen LogP contribution in [0, 0.1) is 11.8 Å². The second kappa shape index (κ2) is 6.98. The zero-order valence-corrected chi connectivity index (χ0v) is 13.3. The van der Waals surface area contributed by atoms with Crippen molar-refractivity contribution in [1.29, 1.82) is 0 Å². The van der Waals surface area contributed by atoms with Crippen LogP contribution in [0.5, 0.6) is 0 Å². The van der Waals surface area contributed by atoms with E-state index in [4.69, 9.17) is 0 Å². The van der Waals surface area contributed by atoms with Gasteiger partial charge < -0.3 is 4.90 Å². The second-order valence-corrected chi connectivity index (χ2v) is 7.54. The molecule has 4 heteroatoms. The van der Waals surface area contributed by atoms with Crippen molar-refractivity contribution in [2.24, 2.45) is 11.8 Å². The maximum Gasteiger partial charge on any atom is 0.241 e. The molecule has 110 valence electrons. The van der Waals surface area contributed by atoms with Crippen LogP contribution >= 0.6 is 11.8 Å². The molecule has 0 aromatic carbocycles. The summed E-state index contributed by atoms with van der Waals surface area (Å²) in [6.45, 7) is 7.53. The minimum Gasteiger partial charge on any atom is -0.326 e. The molecule has 1 N–H and O–H groups in total. The van der Waals surface area contributed by atoms with Gasteiger partial charge in [0.25, 0.3) is 0 Å². The Kier molecular flexibility index (Phi) is 5.58. The van der Waals surface area contributed by atoms with Gasteiger partial charge in [0.05, 0.1) is 12.2 Å². The molecule has 2 atom stereocenters. The van der Waals surface area contributed by atoms with E-state index in [1.807, 2.05) is 0 Å². The van der Waals surface area contributed by atoms with Gasteiger partial charge in [-0.3, -0.25) is 10.1 Å². The SMILES string of the molecule is CCC1NC(CC(C)C)C(=O)N1CC1CCSCC1. The van der Waals surface area contributed by atoms with Crippen LogP contribution in [0.15, 0.2) is 0 Å². The Balaban J connectivity index is 1.94. The van der Waals surface area contributed by atoms with E-state index in [0.717, 1.165) is 25.3 Å². The summed E-state index contributed by atoms with van der Waals surface area (Å²) < 4.78 is 0. The highest BCUT2D eigenvalue weighted by atomic mass is 32.2. The Morgan fingerprint density at radius 1 is 1.37 bits per heavy atom. The average molecular weight is 284 g/mol. The van der Waals surface area contributed by atoms with Crippen LogP contribution in [0.3, 0.4) is 0 Å².